The zero-order valence-corrected chi connectivity index (χ0v) is 34.5. The van der Waals surface area contributed by atoms with Crippen molar-refractivity contribution in [2.75, 3.05) is 9.80 Å². The van der Waals surface area contributed by atoms with E-state index in [9.17, 15) is 0 Å². The van der Waals surface area contributed by atoms with E-state index in [0.29, 0.717) is 0 Å². The summed E-state index contributed by atoms with van der Waals surface area (Å²) < 4.78 is 0. The van der Waals surface area contributed by atoms with Crippen molar-refractivity contribution in [2.45, 2.75) is 37.5 Å². The summed E-state index contributed by atoms with van der Waals surface area (Å²) in [6.45, 7) is 4.81. The summed E-state index contributed by atoms with van der Waals surface area (Å²) in [5.41, 5.74) is 16.6. The second-order valence-electron chi connectivity index (χ2n) is 15.6. The molecule has 57 heavy (non-hydrogen) atoms. The van der Waals surface area contributed by atoms with Gasteiger partial charge in [0.05, 0.1) is 0 Å². The van der Waals surface area contributed by atoms with E-state index in [4.69, 9.17) is 4.98 Å². The number of pyridine rings is 1. The van der Waals surface area contributed by atoms with Crippen LogP contribution in [0.5, 0.6) is 0 Å². The van der Waals surface area contributed by atoms with Gasteiger partial charge in [-0.1, -0.05) is 111 Å². The van der Waals surface area contributed by atoms with Gasteiger partial charge in [0, 0.05) is 71.3 Å². The van der Waals surface area contributed by atoms with Crippen molar-refractivity contribution >= 4 is 34.1 Å². The molecule has 3 nitrogen and oxygen atoms in total. The Morgan fingerprint density at radius 3 is 1.33 bits per heavy atom. The van der Waals surface area contributed by atoms with Crippen molar-refractivity contribution in [2.24, 2.45) is 0 Å². The molecule has 1 heterocycles. The third-order valence-electron chi connectivity index (χ3n) is 12.0. The fraction of sp³-hybridized carbons (Fsp3) is 0.113. The van der Waals surface area contributed by atoms with Crippen molar-refractivity contribution in [3.8, 4) is 11.3 Å². The van der Waals surface area contributed by atoms with Crippen LogP contribution >= 0.6 is 0 Å². The van der Waals surface area contributed by atoms with Gasteiger partial charge in [0.2, 0.25) is 0 Å². The van der Waals surface area contributed by atoms with Crippen LogP contribution < -0.4 is 9.80 Å². The number of aromatic nitrogens is 1. The molecule has 0 saturated carbocycles. The average molecular weight is 913 g/mol. The molecule has 1 aromatic heterocycles. The van der Waals surface area contributed by atoms with Gasteiger partial charge in [-0.05, 0) is 120 Å². The molecular formula is C53H42IrN3-. The van der Waals surface area contributed by atoms with E-state index in [1.165, 1.54) is 33.4 Å². The van der Waals surface area contributed by atoms with E-state index in [1.807, 2.05) is 12.3 Å². The fourth-order valence-electron chi connectivity index (χ4n) is 9.38. The van der Waals surface area contributed by atoms with Gasteiger partial charge < -0.3 is 14.8 Å². The van der Waals surface area contributed by atoms with E-state index in [1.54, 1.807) is 0 Å². The van der Waals surface area contributed by atoms with Gasteiger partial charge in [0.15, 0.2) is 0 Å². The maximum atomic E-state index is 4.70. The molecule has 1 radical (unpaired) electrons. The number of nitrogens with zero attached hydrogens (tertiary/aromatic N) is 3. The number of hydrogen-bond acceptors (Lipinski definition) is 3. The largest absolute Gasteiger partial charge is 0.310 e. The van der Waals surface area contributed by atoms with Crippen LogP contribution in [0.3, 0.4) is 0 Å². The minimum atomic E-state index is -0.316. The number of fused-ring (bicyclic) bond motifs is 5. The smallest absolute Gasteiger partial charge is 0.0464 e. The molecule has 0 bridgehead atoms. The Balaban J connectivity index is 0.00000422. The molecule has 279 valence electrons. The van der Waals surface area contributed by atoms with Gasteiger partial charge in [-0.15, -0.1) is 34.9 Å². The quantitative estimate of drug-likeness (QED) is 0.149. The Morgan fingerprint density at radius 1 is 0.456 bits per heavy atom. The SMILES string of the molecule is CC1(C)c2ccc(N(c3ccccc3)c3ccccc3)cc2C2(Cc3c[c-]c(-c4ccccn4)cc3C2)c2cc(N(c3ccccc3)c3ccccc3)ccc21.[Ir]. The number of rotatable bonds is 7. The first-order chi connectivity index (χ1) is 27.5. The Bertz CT molecular complexity index is 2450. The summed E-state index contributed by atoms with van der Waals surface area (Å²) in [6, 6.07) is 71.8. The first-order valence-corrected chi connectivity index (χ1v) is 19.5. The van der Waals surface area contributed by atoms with Crippen molar-refractivity contribution in [3.05, 3.63) is 234 Å². The van der Waals surface area contributed by atoms with Crippen LogP contribution in [0.1, 0.15) is 47.2 Å². The molecule has 0 saturated heterocycles. The maximum absolute atomic E-state index is 4.70. The van der Waals surface area contributed by atoms with Crippen LogP contribution in [0.25, 0.3) is 11.3 Å². The minimum absolute atomic E-state index is 0. The average Bonchev–Trinajstić information content (AvgIpc) is 3.65. The molecule has 7 aromatic carbocycles. The molecule has 2 aliphatic rings. The first-order valence-electron chi connectivity index (χ1n) is 19.5. The first kappa shape index (κ1) is 36.6. The second-order valence-corrected chi connectivity index (χ2v) is 15.6. The van der Waals surface area contributed by atoms with Gasteiger partial charge in [-0.2, -0.15) is 0 Å². The topological polar surface area (TPSA) is 19.4 Å². The molecule has 10 rings (SSSR count). The van der Waals surface area contributed by atoms with Crippen LogP contribution in [0.15, 0.2) is 194 Å². The monoisotopic (exact) mass is 913 g/mol. The Kier molecular flexibility index (Phi) is 9.49. The van der Waals surface area contributed by atoms with Gasteiger partial charge in [0.25, 0.3) is 0 Å². The second kappa shape index (κ2) is 14.8. The van der Waals surface area contributed by atoms with E-state index < -0.39 is 0 Å². The molecule has 0 aliphatic heterocycles. The number of benzene rings is 7. The molecule has 4 heteroatoms. The van der Waals surface area contributed by atoms with Crippen molar-refractivity contribution in [1.29, 1.82) is 0 Å². The Labute approximate surface area is 349 Å². The summed E-state index contributed by atoms with van der Waals surface area (Å²) >= 11 is 0. The summed E-state index contributed by atoms with van der Waals surface area (Å²) in [5, 5.41) is 0. The number of anilines is 6. The van der Waals surface area contributed by atoms with Crippen molar-refractivity contribution in [1.82, 2.24) is 4.98 Å². The van der Waals surface area contributed by atoms with Gasteiger partial charge in [-0.3, -0.25) is 0 Å². The normalized spacial score (nSPS) is 14.1. The third kappa shape index (κ3) is 6.30. The van der Waals surface area contributed by atoms with Crippen molar-refractivity contribution < 1.29 is 20.1 Å². The molecule has 0 atom stereocenters. The van der Waals surface area contributed by atoms with E-state index in [-0.39, 0.29) is 30.9 Å². The molecule has 0 amide bonds. The predicted molar refractivity (Wildman–Crippen MR) is 231 cm³/mol. The zero-order chi connectivity index (χ0) is 37.7. The van der Waals surface area contributed by atoms with Crippen molar-refractivity contribution in [3.63, 3.8) is 0 Å². The summed E-state index contributed by atoms with van der Waals surface area (Å²) in [7, 11) is 0. The third-order valence-corrected chi connectivity index (χ3v) is 12.0. The van der Waals surface area contributed by atoms with E-state index in [0.717, 1.165) is 58.2 Å². The molecule has 2 aliphatic carbocycles. The van der Waals surface area contributed by atoms with Gasteiger partial charge in [-0.25, -0.2) is 0 Å². The van der Waals surface area contributed by atoms with Crippen LogP contribution in [0, 0.1) is 6.07 Å². The predicted octanol–water partition coefficient (Wildman–Crippen LogP) is 13.2. The van der Waals surface area contributed by atoms with Crippen LogP contribution in [-0.2, 0) is 43.8 Å². The van der Waals surface area contributed by atoms with Gasteiger partial charge >= 0.3 is 0 Å². The summed E-state index contributed by atoms with van der Waals surface area (Å²) in [6.07, 6.45) is 3.64. The standard InChI is InChI=1S/C53H42N3.Ir/c1-52(2)47-30-28-45(55(41-17-7-3-8-18-41)42-19-9-4-10-20-42)34-49(47)53(36-39-27-26-38(33-40(39)37-53)51-25-15-16-32-54-51)50-35-46(29-31-48(50)52)56(43-21-11-5-12-22-43)44-23-13-6-14-24-44;/h3-25,27-35H,36-37H2,1-2H3;/q-1;. The summed E-state index contributed by atoms with van der Waals surface area (Å²) in [5.74, 6) is 0. The molecular weight excluding hydrogens is 871 g/mol. The maximum Gasteiger partial charge on any atom is 0.0464 e. The van der Waals surface area contributed by atoms with Crippen LogP contribution in [-0.4, -0.2) is 4.98 Å². The molecule has 0 N–H and O–H groups in total. The fourth-order valence-corrected chi connectivity index (χ4v) is 9.38. The van der Waals surface area contributed by atoms with Crippen LogP contribution in [0.2, 0.25) is 0 Å². The number of para-hydroxylation sites is 4. The zero-order valence-electron chi connectivity index (χ0n) is 32.1. The Hall–Kier alpha value is -6.06. The molecule has 0 fully saturated rings. The van der Waals surface area contributed by atoms with Gasteiger partial charge in [0.1, 0.15) is 0 Å². The summed E-state index contributed by atoms with van der Waals surface area (Å²) in [4.78, 5) is 9.50. The van der Waals surface area contributed by atoms with E-state index in [2.05, 4.69) is 212 Å². The van der Waals surface area contributed by atoms with E-state index >= 15 is 0 Å². The molecule has 1 spiro atoms. The minimum Gasteiger partial charge on any atom is -0.310 e. The Morgan fingerprint density at radius 2 is 0.895 bits per heavy atom. The molecule has 8 aromatic rings. The number of hydrogen-bond donors (Lipinski definition) is 0. The van der Waals surface area contributed by atoms with Crippen LogP contribution in [0.4, 0.5) is 34.1 Å². The molecule has 0 unspecified atom stereocenters.